The van der Waals surface area contributed by atoms with Crippen molar-refractivity contribution >= 4 is 35.0 Å². The van der Waals surface area contributed by atoms with Gasteiger partial charge in [0.15, 0.2) is 0 Å². The van der Waals surface area contributed by atoms with Crippen molar-refractivity contribution in [3.8, 4) is 11.5 Å². The number of anilines is 2. The number of hydrogen-bond donors (Lipinski definition) is 2. The van der Waals surface area contributed by atoms with Crippen LogP contribution >= 0.6 is 11.8 Å². The van der Waals surface area contributed by atoms with Crippen molar-refractivity contribution < 1.29 is 19.1 Å². The second-order valence-corrected chi connectivity index (χ2v) is 6.78. The summed E-state index contributed by atoms with van der Waals surface area (Å²) in [5.74, 6) is 1.27. The number of nitrogens with one attached hydrogen (secondary N) is 2. The number of carbonyl (C=O) groups excluding carboxylic acids is 2. The molecule has 6 nitrogen and oxygen atoms in total. The van der Waals surface area contributed by atoms with E-state index in [0.29, 0.717) is 23.6 Å². The van der Waals surface area contributed by atoms with Crippen LogP contribution in [0.25, 0.3) is 0 Å². The molecule has 0 bridgehead atoms. The third kappa shape index (κ3) is 6.53. The minimum atomic E-state index is -0.149. The van der Waals surface area contributed by atoms with Gasteiger partial charge in [0.1, 0.15) is 11.5 Å². The molecule has 0 saturated carbocycles. The van der Waals surface area contributed by atoms with Gasteiger partial charge in [-0.3, -0.25) is 9.59 Å². The van der Waals surface area contributed by atoms with Crippen molar-refractivity contribution in [2.45, 2.75) is 24.7 Å². The first kappa shape index (κ1) is 20.6. The number of amides is 2. The van der Waals surface area contributed by atoms with E-state index in [4.69, 9.17) is 9.47 Å². The van der Waals surface area contributed by atoms with Gasteiger partial charge >= 0.3 is 0 Å². The summed E-state index contributed by atoms with van der Waals surface area (Å²) in [6.07, 6.45) is 1.29. The standard InChI is InChI=1S/C20H24N2O4S/c1-4-6-19(23)21-14-7-5-8-16(11-14)27-13-20(24)22-17-10-9-15(25-2)12-18(17)26-3/h5,7-12H,4,6,13H2,1-3H3,(H,21,23)(H,22,24). The highest BCUT2D eigenvalue weighted by molar-refractivity contribution is 8.00. The zero-order valence-electron chi connectivity index (χ0n) is 15.7. The van der Waals surface area contributed by atoms with E-state index in [0.717, 1.165) is 17.0 Å². The van der Waals surface area contributed by atoms with Gasteiger partial charge in [0.05, 0.1) is 25.7 Å². The van der Waals surface area contributed by atoms with Crippen molar-refractivity contribution in [1.29, 1.82) is 0 Å². The molecular formula is C20H24N2O4S. The Morgan fingerprint density at radius 2 is 1.81 bits per heavy atom. The Hall–Kier alpha value is -2.67. The van der Waals surface area contributed by atoms with Crippen molar-refractivity contribution in [1.82, 2.24) is 0 Å². The maximum absolute atomic E-state index is 12.3. The summed E-state index contributed by atoms with van der Waals surface area (Å²) in [5.41, 5.74) is 1.32. The molecular weight excluding hydrogens is 364 g/mol. The first-order valence-electron chi connectivity index (χ1n) is 8.60. The van der Waals surface area contributed by atoms with Crippen LogP contribution in [-0.2, 0) is 9.59 Å². The summed E-state index contributed by atoms with van der Waals surface area (Å²) in [6.45, 7) is 1.96. The van der Waals surface area contributed by atoms with Crippen LogP contribution in [0.2, 0.25) is 0 Å². The average molecular weight is 388 g/mol. The molecule has 2 aromatic rings. The molecule has 0 atom stereocenters. The van der Waals surface area contributed by atoms with Crippen molar-refractivity contribution in [3.05, 3.63) is 42.5 Å². The number of methoxy groups -OCH3 is 2. The van der Waals surface area contributed by atoms with Crippen LogP contribution in [0.3, 0.4) is 0 Å². The Morgan fingerprint density at radius 1 is 1.00 bits per heavy atom. The molecule has 0 aliphatic carbocycles. The average Bonchev–Trinajstić information content (AvgIpc) is 2.67. The van der Waals surface area contributed by atoms with Gasteiger partial charge in [0.25, 0.3) is 0 Å². The Morgan fingerprint density at radius 3 is 2.52 bits per heavy atom. The lowest BCUT2D eigenvalue weighted by Gasteiger charge is -2.11. The normalized spacial score (nSPS) is 10.2. The summed E-state index contributed by atoms with van der Waals surface area (Å²) in [7, 11) is 3.11. The van der Waals surface area contributed by atoms with Gasteiger partial charge in [-0.05, 0) is 36.8 Å². The van der Waals surface area contributed by atoms with Crippen LogP contribution in [-0.4, -0.2) is 31.8 Å². The summed E-state index contributed by atoms with van der Waals surface area (Å²) in [4.78, 5) is 24.9. The maximum atomic E-state index is 12.3. The highest BCUT2D eigenvalue weighted by atomic mass is 32.2. The summed E-state index contributed by atoms with van der Waals surface area (Å²) in [5, 5.41) is 5.69. The van der Waals surface area contributed by atoms with E-state index in [1.54, 1.807) is 25.3 Å². The minimum Gasteiger partial charge on any atom is -0.497 e. The molecule has 0 aliphatic heterocycles. The third-order valence-electron chi connectivity index (χ3n) is 3.65. The lowest BCUT2D eigenvalue weighted by atomic mass is 10.2. The predicted molar refractivity (Wildman–Crippen MR) is 109 cm³/mol. The van der Waals surface area contributed by atoms with Crippen molar-refractivity contribution in [2.75, 3.05) is 30.6 Å². The van der Waals surface area contributed by atoms with Gasteiger partial charge in [0, 0.05) is 23.1 Å². The fourth-order valence-corrected chi connectivity index (χ4v) is 3.11. The van der Waals surface area contributed by atoms with Gasteiger partial charge < -0.3 is 20.1 Å². The molecule has 0 heterocycles. The quantitative estimate of drug-likeness (QED) is 0.631. The van der Waals surface area contributed by atoms with Crippen LogP contribution in [0, 0.1) is 0 Å². The third-order valence-corrected chi connectivity index (χ3v) is 4.64. The van der Waals surface area contributed by atoms with E-state index in [1.165, 1.54) is 18.9 Å². The van der Waals surface area contributed by atoms with E-state index in [2.05, 4.69) is 10.6 Å². The number of benzene rings is 2. The lowest BCUT2D eigenvalue weighted by molar-refractivity contribution is -0.116. The van der Waals surface area contributed by atoms with Crippen LogP contribution in [0.1, 0.15) is 19.8 Å². The van der Waals surface area contributed by atoms with Crippen molar-refractivity contribution in [3.63, 3.8) is 0 Å². The molecule has 2 amide bonds. The van der Waals surface area contributed by atoms with Crippen LogP contribution in [0.4, 0.5) is 11.4 Å². The topological polar surface area (TPSA) is 76.7 Å². The zero-order valence-corrected chi connectivity index (χ0v) is 16.5. The number of hydrogen-bond acceptors (Lipinski definition) is 5. The lowest BCUT2D eigenvalue weighted by Crippen LogP contribution is -2.14. The fraction of sp³-hybridized carbons (Fsp3) is 0.300. The molecule has 0 aliphatic rings. The highest BCUT2D eigenvalue weighted by Crippen LogP contribution is 2.29. The summed E-state index contributed by atoms with van der Waals surface area (Å²) < 4.78 is 10.4. The predicted octanol–water partition coefficient (Wildman–Crippen LogP) is 4.17. The smallest absolute Gasteiger partial charge is 0.234 e. The Balaban J connectivity index is 1.93. The first-order valence-corrected chi connectivity index (χ1v) is 9.59. The second-order valence-electron chi connectivity index (χ2n) is 5.73. The number of rotatable bonds is 9. The van der Waals surface area contributed by atoms with Gasteiger partial charge in [-0.15, -0.1) is 11.8 Å². The molecule has 0 unspecified atom stereocenters. The molecule has 2 aromatic carbocycles. The molecule has 27 heavy (non-hydrogen) atoms. The Labute approximate surface area is 163 Å². The molecule has 7 heteroatoms. The molecule has 0 radical (unpaired) electrons. The second kappa shape index (κ2) is 10.5. The van der Waals surface area contributed by atoms with Crippen LogP contribution < -0.4 is 20.1 Å². The summed E-state index contributed by atoms with van der Waals surface area (Å²) in [6, 6.07) is 12.7. The highest BCUT2D eigenvalue weighted by Gasteiger charge is 2.10. The van der Waals surface area contributed by atoms with Gasteiger partial charge in [0.2, 0.25) is 11.8 Å². The van der Waals surface area contributed by atoms with Crippen molar-refractivity contribution in [2.24, 2.45) is 0 Å². The fourth-order valence-electron chi connectivity index (χ4n) is 2.35. The number of ether oxygens (including phenoxy) is 2. The zero-order chi connectivity index (χ0) is 19.6. The molecule has 2 rings (SSSR count). The van der Waals surface area contributed by atoms with Crippen LogP contribution in [0.5, 0.6) is 11.5 Å². The Bertz CT molecular complexity index is 795. The monoisotopic (exact) mass is 388 g/mol. The Kier molecular flexibility index (Phi) is 8.00. The molecule has 0 saturated heterocycles. The maximum Gasteiger partial charge on any atom is 0.234 e. The molecule has 0 fully saturated rings. The number of thioether (sulfide) groups is 1. The van der Waals surface area contributed by atoms with Gasteiger partial charge in [-0.2, -0.15) is 0 Å². The van der Waals surface area contributed by atoms with E-state index in [9.17, 15) is 9.59 Å². The molecule has 2 N–H and O–H groups in total. The summed E-state index contributed by atoms with van der Waals surface area (Å²) >= 11 is 1.39. The van der Waals surface area contributed by atoms with Crippen LogP contribution in [0.15, 0.2) is 47.4 Å². The van der Waals surface area contributed by atoms with E-state index < -0.39 is 0 Å². The molecule has 144 valence electrons. The SMILES string of the molecule is CCCC(=O)Nc1cccc(SCC(=O)Nc2ccc(OC)cc2OC)c1. The van der Waals surface area contributed by atoms with Gasteiger partial charge in [-0.1, -0.05) is 13.0 Å². The largest absolute Gasteiger partial charge is 0.497 e. The minimum absolute atomic E-state index is 0.0102. The molecule has 0 aromatic heterocycles. The van der Waals surface area contributed by atoms with E-state index in [-0.39, 0.29) is 17.6 Å². The van der Waals surface area contributed by atoms with E-state index >= 15 is 0 Å². The first-order chi connectivity index (χ1) is 13.0. The van der Waals surface area contributed by atoms with Gasteiger partial charge in [-0.25, -0.2) is 0 Å². The molecule has 0 spiro atoms. The number of carbonyl (C=O) groups is 2. The van der Waals surface area contributed by atoms with E-state index in [1.807, 2.05) is 31.2 Å².